The van der Waals surface area contributed by atoms with Crippen LogP contribution in [0.3, 0.4) is 0 Å². The minimum atomic E-state index is 0.508. The molecule has 1 aromatic rings. The molecule has 1 aromatic carbocycles. The predicted octanol–water partition coefficient (Wildman–Crippen LogP) is 3.27. The maximum Gasteiger partial charge on any atom is 0.196 e. The number of hydrogen-bond donors (Lipinski definition) is 0. The van der Waals surface area contributed by atoms with Gasteiger partial charge < -0.3 is 9.80 Å². The van der Waals surface area contributed by atoms with Crippen molar-refractivity contribution in [2.45, 2.75) is 39.2 Å². The SMILES string of the molecule is CCC(C)CCN1C(N(C)C)=NC[C@@H]1Cc1ccccc1. The van der Waals surface area contributed by atoms with Crippen LogP contribution >= 0.6 is 0 Å². The van der Waals surface area contributed by atoms with E-state index < -0.39 is 0 Å². The number of rotatable bonds is 6. The lowest BCUT2D eigenvalue weighted by atomic mass is 10.0. The third-order valence-electron chi connectivity index (χ3n) is 4.41. The van der Waals surface area contributed by atoms with E-state index in [0.29, 0.717) is 6.04 Å². The van der Waals surface area contributed by atoms with Crippen LogP contribution in [0, 0.1) is 5.92 Å². The molecule has 0 aromatic heterocycles. The minimum absolute atomic E-state index is 0.508. The summed E-state index contributed by atoms with van der Waals surface area (Å²) in [6.45, 7) is 6.65. The second-order valence-electron chi connectivity index (χ2n) is 6.37. The molecule has 21 heavy (non-hydrogen) atoms. The van der Waals surface area contributed by atoms with Crippen LogP contribution in [0.15, 0.2) is 35.3 Å². The van der Waals surface area contributed by atoms with E-state index in [2.05, 4.69) is 68.1 Å². The molecule has 1 aliphatic rings. The fraction of sp³-hybridized carbons (Fsp3) is 0.611. The van der Waals surface area contributed by atoms with Crippen LogP contribution in [0.2, 0.25) is 0 Å². The van der Waals surface area contributed by atoms with Crippen molar-refractivity contribution in [3.8, 4) is 0 Å². The van der Waals surface area contributed by atoms with E-state index >= 15 is 0 Å². The zero-order valence-electron chi connectivity index (χ0n) is 13.9. The molecule has 0 saturated heterocycles. The highest BCUT2D eigenvalue weighted by molar-refractivity contribution is 5.81. The molecule has 1 unspecified atom stereocenters. The molecule has 0 amide bonds. The summed E-state index contributed by atoms with van der Waals surface area (Å²) in [4.78, 5) is 9.43. The maximum atomic E-state index is 4.77. The Bertz CT molecular complexity index is 453. The van der Waals surface area contributed by atoms with Crippen molar-refractivity contribution in [2.75, 3.05) is 27.2 Å². The van der Waals surface area contributed by atoms with Gasteiger partial charge >= 0.3 is 0 Å². The summed E-state index contributed by atoms with van der Waals surface area (Å²) in [5.41, 5.74) is 1.41. The van der Waals surface area contributed by atoms with Crippen molar-refractivity contribution in [1.82, 2.24) is 9.80 Å². The number of nitrogens with zero attached hydrogens (tertiary/aromatic N) is 3. The van der Waals surface area contributed by atoms with Crippen molar-refractivity contribution in [1.29, 1.82) is 0 Å². The Balaban J connectivity index is 2.02. The highest BCUT2D eigenvalue weighted by Gasteiger charge is 2.28. The van der Waals surface area contributed by atoms with Gasteiger partial charge in [-0.2, -0.15) is 0 Å². The zero-order valence-corrected chi connectivity index (χ0v) is 13.9. The molecule has 0 radical (unpaired) electrons. The van der Waals surface area contributed by atoms with Gasteiger partial charge in [0.05, 0.1) is 12.6 Å². The van der Waals surface area contributed by atoms with Gasteiger partial charge in [-0.3, -0.25) is 4.99 Å². The van der Waals surface area contributed by atoms with E-state index in [4.69, 9.17) is 4.99 Å². The maximum absolute atomic E-state index is 4.77. The first kappa shape index (κ1) is 15.9. The number of benzene rings is 1. The monoisotopic (exact) mass is 287 g/mol. The Morgan fingerprint density at radius 2 is 2.00 bits per heavy atom. The van der Waals surface area contributed by atoms with Crippen LogP contribution in [0.5, 0.6) is 0 Å². The van der Waals surface area contributed by atoms with Crippen LogP contribution < -0.4 is 0 Å². The molecular formula is C18H29N3. The highest BCUT2D eigenvalue weighted by Crippen LogP contribution is 2.19. The number of hydrogen-bond acceptors (Lipinski definition) is 3. The van der Waals surface area contributed by atoms with Crippen LogP contribution in [0.1, 0.15) is 32.3 Å². The largest absolute Gasteiger partial charge is 0.349 e. The van der Waals surface area contributed by atoms with E-state index in [-0.39, 0.29) is 0 Å². The van der Waals surface area contributed by atoms with Crippen molar-refractivity contribution in [2.24, 2.45) is 10.9 Å². The first-order chi connectivity index (χ1) is 10.1. The van der Waals surface area contributed by atoms with Gasteiger partial charge in [-0.05, 0) is 24.3 Å². The van der Waals surface area contributed by atoms with E-state index in [0.717, 1.165) is 31.4 Å². The summed E-state index contributed by atoms with van der Waals surface area (Å²) >= 11 is 0. The molecular weight excluding hydrogens is 258 g/mol. The summed E-state index contributed by atoms with van der Waals surface area (Å²) in [5.74, 6) is 1.94. The molecule has 0 fully saturated rings. The predicted molar refractivity (Wildman–Crippen MR) is 90.7 cm³/mol. The summed E-state index contributed by atoms with van der Waals surface area (Å²) in [5, 5.41) is 0. The van der Waals surface area contributed by atoms with Gasteiger partial charge in [0, 0.05) is 20.6 Å². The summed E-state index contributed by atoms with van der Waals surface area (Å²) < 4.78 is 0. The lowest BCUT2D eigenvalue weighted by Crippen LogP contribution is -2.44. The molecule has 1 heterocycles. The third-order valence-corrected chi connectivity index (χ3v) is 4.41. The number of aliphatic imine (C=N–C) groups is 1. The van der Waals surface area contributed by atoms with Crippen LogP contribution in [-0.4, -0.2) is 49.0 Å². The van der Waals surface area contributed by atoms with Crippen molar-refractivity contribution < 1.29 is 0 Å². The molecule has 1 aliphatic heterocycles. The van der Waals surface area contributed by atoms with Gasteiger partial charge in [0.25, 0.3) is 0 Å². The molecule has 0 bridgehead atoms. The van der Waals surface area contributed by atoms with E-state index in [9.17, 15) is 0 Å². The standard InChI is InChI=1S/C18H29N3/c1-5-15(2)11-12-21-17(14-19-18(21)20(3)4)13-16-9-7-6-8-10-16/h6-10,15,17H,5,11-14H2,1-4H3/t15?,17-/m0/s1. The average molecular weight is 287 g/mol. The molecule has 3 nitrogen and oxygen atoms in total. The third kappa shape index (κ3) is 4.23. The molecule has 3 heteroatoms. The molecule has 0 spiro atoms. The van der Waals surface area contributed by atoms with Gasteiger partial charge in [0.15, 0.2) is 5.96 Å². The van der Waals surface area contributed by atoms with Crippen LogP contribution in [0.4, 0.5) is 0 Å². The first-order valence-corrected chi connectivity index (χ1v) is 8.14. The van der Waals surface area contributed by atoms with E-state index in [1.165, 1.54) is 18.4 Å². The summed E-state index contributed by atoms with van der Waals surface area (Å²) in [7, 11) is 4.19. The fourth-order valence-corrected chi connectivity index (χ4v) is 2.85. The van der Waals surface area contributed by atoms with Crippen molar-refractivity contribution in [3.05, 3.63) is 35.9 Å². The zero-order chi connectivity index (χ0) is 15.2. The minimum Gasteiger partial charge on any atom is -0.349 e. The molecule has 2 rings (SSSR count). The second-order valence-corrected chi connectivity index (χ2v) is 6.37. The van der Waals surface area contributed by atoms with Crippen molar-refractivity contribution >= 4 is 5.96 Å². The quantitative estimate of drug-likeness (QED) is 0.799. The fourth-order valence-electron chi connectivity index (χ4n) is 2.85. The van der Waals surface area contributed by atoms with Gasteiger partial charge in [0.2, 0.25) is 0 Å². The molecule has 2 atom stereocenters. The van der Waals surface area contributed by atoms with Crippen LogP contribution in [0.25, 0.3) is 0 Å². The Kier molecular flexibility index (Phi) is 5.66. The smallest absolute Gasteiger partial charge is 0.196 e. The second kappa shape index (κ2) is 7.48. The molecule has 0 aliphatic carbocycles. The first-order valence-electron chi connectivity index (χ1n) is 8.14. The summed E-state index contributed by atoms with van der Waals surface area (Å²) in [6.07, 6.45) is 3.59. The Morgan fingerprint density at radius 1 is 1.29 bits per heavy atom. The molecule has 0 N–H and O–H groups in total. The molecule has 0 saturated carbocycles. The lowest BCUT2D eigenvalue weighted by Gasteiger charge is -2.31. The molecule has 116 valence electrons. The van der Waals surface area contributed by atoms with Crippen molar-refractivity contribution in [3.63, 3.8) is 0 Å². The van der Waals surface area contributed by atoms with E-state index in [1.54, 1.807) is 0 Å². The Labute approximate surface area is 129 Å². The van der Waals surface area contributed by atoms with Crippen LogP contribution in [-0.2, 0) is 6.42 Å². The Morgan fingerprint density at radius 3 is 2.62 bits per heavy atom. The normalized spacial score (nSPS) is 19.5. The van der Waals surface area contributed by atoms with Gasteiger partial charge in [-0.25, -0.2) is 0 Å². The van der Waals surface area contributed by atoms with Gasteiger partial charge in [-0.15, -0.1) is 0 Å². The van der Waals surface area contributed by atoms with Gasteiger partial charge in [-0.1, -0.05) is 50.6 Å². The van der Waals surface area contributed by atoms with Gasteiger partial charge in [0.1, 0.15) is 0 Å². The number of guanidine groups is 1. The average Bonchev–Trinajstić information content (AvgIpc) is 2.88. The highest BCUT2D eigenvalue weighted by atomic mass is 15.4. The van der Waals surface area contributed by atoms with E-state index in [1.807, 2.05) is 0 Å². The summed E-state index contributed by atoms with van der Waals surface area (Å²) in [6, 6.07) is 11.3. The Hall–Kier alpha value is -1.51. The topological polar surface area (TPSA) is 18.8 Å². The lowest BCUT2D eigenvalue weighted by molar-refractivity contribution is 0.288.